The Hall–Kier alpha value is -1.72. The highest BCUT2D eigenvalue weighted by Crippen LogP contribution is 2.13. The van der Waals surface area contributed by atoms with Crippen LogP contribution >= 0.6 is 23.6 Å². The SMILES string of the molecule is NC(=S)c1ccc(C(=O)Nc2ccsc2)cc1. The number of benzene rings is 1. The maximum atomic E-state index is 11.8. The van der Waals surface area contributed by atoms with E-state index in [2.05, 4.69) is 5.32 Å². The van der Waals surface area contributed by atoms with Gasteiger partial charge in [-0.2, -0.15) is 11.3 Å². The summed E-state index contributed by atoms with van der Waals surface area (Å²) in [6.07, 6.45) is 0. The third kappa shape index (κ3) is 2.89. The Morgan fingerprint density at radius 1 is 1.18 bits per heavy atom. The van der Waals surface area contributed by atoms with Crippen molar-refractivity contribution in [1.82, 2.24) is 0 Å². The van der Waals surface area contributed by atoms with Gasteiger partial charge in [0, 0.05) is 16.5 Å². The van der Waals surface area contributed by atoms with Gasteiger partial charge in [0.25, 0.3) is 5.91 Å². The maximum Gasteiger partial charge on any atom is 0.255 e. The summed E-state index contributed by atoms with van der Waals surface area (Å²) >= 11 is 6.38. The highest BCUT2D eigenvalue weighted by molar-refractivity contribution is 7.80. The molecule has 0 aliphatic rings. The maximum absolute atomic E-state index is 11.8. The summed E-state index contributed by atoms with van der Waals surface area (Å²) in [4.78, 5) is 12.2. The molecule has 5 heteroatoms. The van der Waals surface area contributed by atoms with Gasteiger partial charge in [-0.1, -0.05) is 24.4 Å². The van der Waals surface area contributed by atoms with Crippen LogP contribution in [0.25, 0.3) is 0 Å². The predicted molar refractivity (Wildman–Crippen MR) is 74.6 cm³/mol. The fraction of sp³-hybridized carbons (Fsp3) is 0. The summed E-state index contributed by atoms with van der Waals surface area (Å²) in [6.45, 7) is 0. The van der Waals surface area contributed by atoms with E-state index < -0.39 is 0 Å². The van der Waals surface area contributed by atoms with Gasteiger partial charge >= 0.3 is 0 Å². The van der Waals surface area contributed by atoms with Crippen molar-refractivity contribution in [2.75, 3.05) is 5.32 Å². The highest BCUT2D eigenvalue weighted by Gasteiger charge is 2.06. The summed E-state index contributed by atoms with van der Waals surface area (Å²) in [5.41, 5.74) is 7.62. The number of thiocarbonyl (C=S) groups is 1. The lowest BCUT2D eigenvalue weighted by Crippen LogP contribution is -2.13. The van der Waals surface area contributed by atoms with E-state index >= 15 is 0 Å². The van der Waals surface area contributed by atoms with E-state index in [0.717, 1.165) is 11.3 Å². The van der Waals surface area contributed by atoms with E-state index in [1.165, 1.54) is 11.3 Å². The van der Waals surface area contributed by atoms with Gasteiger partial charge < -0.3 is 11.1 Å². The van der Waals surface area contributed by atoms with Gasteiger partial charge in [0.05, 0.1) is 5.69 Å². The molecule has 0 saturated heterocycles. The van der Waals surface area contributed by atoms with Gasteiger partial charge in [-0.15, -0.1) is 0 Å². The lowest BCUT2D eigenvalue weighted by molar-refractivity contribution is 0.102. The van der Waals surface area contributed by atoms with Crippen molar-refractivity contribution < 1.29 is 4.79 Å². The van der Waals surface area contributed by atoms with Crippen LogP contribution in [-0.2, 0) is 0 Å². The van der Waals surface area contributed by atoms with Crippen LogP contribution in [0.1, 0.15) is 15.9 Å². The van der Waals surface area contributed by atoms with Crippen LogP contribution in [0.3, 0.4) is 0 Å². The first-order valence-electron chi connectivity index (χ1n) is 4.90. The molecule has 0 unspecified atom stereocenters. The third-order valence-electron chi connectivity index (χ3n) is 2.21. The average Bonchev–Trinajstić information content (AvgIpc) is 2.82. The second kappa shape index (κ2) is 5.07. The van der Waals surface area contributed by atoms with E-state index in [1.54, 1.807) is 24.3 Å². The van der Waals surface area contributed by atoms with E-state index in [0.29, 0.717) is 10.6 Å². The molecule has 0 aliphatic carbocycles. The normalized spacial score (nSPS) is 9.88. The zero-order chi connectivity index (χ0) is 12.3. The van der Waals surface area contributed by atoms with Crippen molar-refractivity contribution in [2.45, 2.75) is 0 Å². The van der Waals surface area contributed by atoms with E-state index in [1.807, 2.05) is 16.8 Å². The van der Waals surface area contributed by atoms with E-state index in [4.69, 9.17) is 18.0 Å². The number of carbonyl (C=O) groups excluding carboxylic acids is 1. The Labute approximate surface area is 108 Å². The number of rotatable bonds is 3. The van der Waals surface area contributed by atoms with Gasteiger partial charge in [-0.3, -0.25) is 4.79 Å². The van der Waals surface area contributed by atoms with Gasteiger partial charge in [0.15, 0.2) is 0 Å². The second-order valence-electron chi connectivity index (χ2n) is 3.41. The number of nitrogens with one attached hydrogen (secondary N) is 1. The van der Waals surface area contributed by atoms with Crippen molar-refractivity contribution in [3.63, 3.8) is 0 Å². The first kappa shape index (κ1) is 11.8. The molecule has 1 amide bonds. The fourth-order valence-electron chi connectivity index (χ4n) is 1.32. The summed E-state index contributed by atoms with van der Waals surface area (Å²) < 4.78 is 0. The molecule has 1 heterocycles. The zero-order valence-corrected chi connectivity index (χ0v) is 10.5. The Bertz CT molecular complexity index is 532. The number of anilines is 1. The van der Waals surface area contributed by atoms with Gasteiger partial charge in [0.1, 0.15) is 4.99 Å². The van der Waals surface area contributed by atoms with Crippen LogP contribution in [0.5, 0.6) is 0 Å². The molecule has 2 rings (SSSR count). The molecule has 0 spiro atoms. The molecular weight excluding hydrogens is 252 g/mol. The smallest absolute Gasteiger partial charge is 0.255 e. The van der Waals surface area contributed by atoms with Gasteiger partial charge in [0.2, 0.25) is 0 Å². The molecular formula is C12H10N2OS2. The highest BCUT2D eigenvalue weighted by atomic mass is 32.1. The van der Waals surface area contributed by atoms with Crippen LogP contribution in [0.2, 0.25) is 0 Å². The van der Waals surface area contributed by atoms with E-state index in [9.17, 15) is 4.79 Å². The summed E-state index contributed by atoms with van der Waals surface area (Å²) in [5.74, 6) is -0.141. The van der Waals surface area contributed by atoms with Crippen LogP contribution < -0.4 is 11.1 Å². The molecule has 0 aliphatic heterocycles. The van der Waals surface area contributed by atoms with Crippen LogP contribution in [-0.4, -0.2) is 10.9 Å². The number of amides is 1. The number of hydrogen-bond acceptors (Lipinski definition) is 3. The summed E-state index contributed by atoms with van der Waals surface area (Å²) in [6, 6.07) is 8.74. The van der Waals surface area contributed by atoms with Crippen molar-refractivity contribution in [3.8, 4) is 0 Å². The van der Waals surface area contributed by atoms with Crippen LogP contribution in [0.15, 0.2) is 41.1 Å². The molecule has 1 aromatic heterocycles. The molecule has 0 radical (unpaired) electrons. The van der Waals surface area contributed by atoms with Gasteiger partial charge in [-0.25, -0.2) is 0 Å². The predicted octanol–water partition coefficient (Wildman–Crippen LogP) is 2.63. The average molecular weight is 262 g/mol. The minimum absolute atomic E-state index is 0.141. The molecule has 1 aromatic carbocycles. The van der Waals surface area contributed by atoms with Crippen molar-refractivity contribution >= 4 is 40.1 Å². The summed E-state index contributed by atoms with van der Waals surface area (Å²) in [7, 11) is 0. The summed E-state index contributed by atoms with van der Waals surface area (Å²) in [5, 5.41) is 6.58. The Morgan fingerprint density at radius 2 is 1.82 bits per heavy atom. The molecule has 17 heavy (non-hydrogen) atoms. The first-order valence-corrected chi connectivity index (χ1v) is 6.25. The lowest BCUT2D eigenvalue weighted by atomic mass is 10.1. The monoisotopic (exact) mass is 262 g/mol. The molecule has 2 aromatic rings. The minimum Gasteiger partial charge on any atom is -0.389 e. The van der Waals surface area contributed by atoms with Gasteiger partial charge in [-0.05, 0) is 23.6 Å². The molecule has 0 fully saturated rings. The Kier molecular flexibility index (Phi) is 3.51. The minimum atomic E-state index is -0.141. The van der Waals surface area contributed by atoms with Crippen LogP contribution in [0, 0.1) is 0 Å². The van der Waals surface area contributed by atoms with Crippen molar-refractivity contribution in [2.24, 2.45) is 5.73 Å². The molecule has 0 saturated carbocycles. The van der Waals surface area contributed by atoms with Crippen molar-refractivity contribution in [1.29, 1.82) is 0 Å². The van der Waals surface area contributed by atoms with Crippen molar-refractivity contribution in [3.05, 3.63) is 52.2 Å². The Morgan fingerprint density at radius 3 is 2.35 bits per heavy atom. The quantitative estimate of drug-likeness (QED) is 0.836. The molecule has 0 atom stereocenters. The second-order valence-corrected chi connectivity index (χ2v) is 4.63. The van der Waals surface area contributed by atoms with E-state index in [-0.39, 0.29) is 5.91 Å². The number of nitrogens with two attached hydrogens (primary N) is 1. The molecule has 3 nitrogen and oxygen atoms in total. The zero-order valence-electron chi connectivity index (χ0n) is 8.84. The van der Waals surface area contributed by atoms with Crippen LogP contribution in [0.4, 0.5) is 5.69 Å². The molecule has 86 valence electrons. The standard InChI is InChI=1S/C12H10N2OS2/c13-11(16)8-1-3-9(4-2-8)12(15)14-10-5-6-17-7-10/h1-7H,(H2,13,16)(H,14,15). The first-order chi connectivity index (χ1) is 8.16. The lowest BCUT2D eigenvalue weighted by Gasteiger charge is -2.03. The number of thiophene rings is 1. The molecule has 0 bridgehead atoms. The topological polar surface area (TPSA) is 55.1 Å². The fourth-order valence-corrected chi connectivity index (χ4v) is 2.05. The Balaban J connectivity index is 2.12. The largest absolute Gasteiger partial charge is 0.389 e. The number of carbonyl (C=O) groups is 1. The third-order valence-corrected chi connectivity index (χ3v) is 3.13. The number of hydrogen-bond donors (Lipinski definition) is 2. The molecule has 3 N–H and O–H groups in total.